The van der Waals surface area contributed by atoms with Crippen molar-refractivity contribution < 1.29 is 4.79 Å². The number of imidazole rings is 2. The van der Waals surface area contributed by atoms with Gasteiger partial charge < -0.3 is 14.3 Å². The zero-order valence-electron chi connectivity index (χ0n) is 14.2. The molecule has 0 radical (unpaired) electrons. The largest absolute Gasteiger partial charge is 0.343 e. The van der Waals surface area contributed by atoms with Crippen molar-refractivity contribution in [3.63, 3.8) is 0 Å². The highest BCUT2D eigenvalue weighted by atomic mass is 16.1. The van der Waals surface area contributed by atoms with Crippen molar-refractivity contribution in [3.05, 3.63) is 65.9 Å². The molecule has 0 fully saturated rings. The van der Waals surface area contributed by atoms with Crippen LogP contribution in [0, 0.1) is 6.92 Å². The Morgan fingerprint density at radius 1 is 1.12 bits per heavy atom. The van der Waals surface area contributed by atoms with Crippen LogP contribution in [0.5, 0.6) is 0 Å². The monoisotopic (exact) mass is 333 g/mol. The van der Waals surface area contributed by atoms with Crippen LogP contribution in [0.3, 0.4) is 0 Å². The fourth-order valence-corrected chi connectivity index (χ4v) is 3.19. The zero-order valence-corrected chi connectivity index (χ0v) is 14.2. The van der Waals surface area contributed by atoms with Gasteiger partial charge in [0.1, 0.15) is 17.2 Å². The number of para-hydroxylation sites is 2. The molecule has 6 nitrogen and oxygen atoms in total. The highest BCUT2D eigenvalue weighted by Gasteiger charge is 2.17. The van der Waals surface area contributed by atoms with Crippen LogP contribution in [-0.4, -0.2) is 24.8 Å². The van der Waals surface area contributed by atoms with E-state index in [0.29, 0.717) is 12.2 Å². The Balaban J connectivity index is 1.60. The molecule has 0 aliphatic rings. The molecule has 1 amide bonds. The van der Waals surface area contributed by atoms with Gasteiger partial charge in [-0.3, -0.25) is 4.79 Å². The summed E-state index contributed by atoms with van der Waals surface area (Å²) in [5.74, 6) is 0.661. The lowest BCUT2D eigenvalue weighted by atomic mass is 10.3. The molecule has 4 aromatic rings. The second-order valence-corrected chi connectivity index (χ2v) is 5.92. The minimum absolute atomic E-state index is 0.184. The van der Waals surface area contributed by atoms with Crippen LogP contribution in [0.1, 0.15) is 28.9 Å². The maximum atomic E-state index is 12.6. The van der Waals surface area contributed by atoms with E-state index in [0.717, 1.165) is 34.7 Å². The molecule has 0 atom stereocenters. The van der Waals surface area contributed by atoms with Crippen LogP contribution in [0.4, 0.5) is 0 Å². The van der Waals surface area contributed by atoms with Crippen molar-refractivity contribution in [2.45, 2.75) is 26.9 Å². The van der Waals surface area contributed by atoms with Gasteiger partial charge in [0.15, 0.2) is 0 Å². The maximum Gasteiger partial charge on any atom is 0.272 e. The first kappa shape index (κ1) is 15.4. The topological polar surface area (TPSA) is 64.2 Å². The molecular formula is C19H19N5O. The predicted molar refractivity (Wildman–Crippen MR) is 96.5 cm³/mol. The van der Waals surface area contributed by atoms with E-state index in [1.165, 1.54) is 0 Å². The molecule has 1 N–H and O–H groups in total. The summed E-state index contributed by atoms with van der Waals surface area (Å²) >= 11 is 0. The lowest BCUT2D eigenvalue weighted by molar-refractivity contribution is 0.0944. The summed E-state index contributed by atoms with van der Waals surface area (Å²) in [6.45, 7) is 5.15. The molecule has 0 aliphatic heterocycles. The van der Waals surface area contributed by atoms with E-state index in [1.54, 1.807) is 0 Å². The van der Waals surface area contributed by atoms with Crippen LogP contribution < -0.4 is 5.32 Å². The number of nitrogens with one attached hydrogen (secondary N) is 1. The number of amides is 1. The zero-order chi connectivity index (χ0) is 17.4. The van der Waals surface area contributed by atoms with Crippen molar-refractivity contribution in [3.8, 4) is 0 Å². The Hall–Kier alpha value is -3.15. The second kappa shape index (κ2) is 6.05. The van der Waals surface area contributed by atoms with E-state index in [9.17, 15) is 4.79 Å². The molecule has 0 aliphatic carbocycles. The molecule has 0 bridgehead atoms. The smallest absolute Gasteiger partial charge is 0.272 e. The number of aromatic nitrogens is 4. The first-order valence-corrected chi connectivity index (χ1v) is 8.35. The first-order valence-electron chi connectivity index (χ1n) is 8.35. The van der Waals surface area contributed by atoms with Gasteiger partial charge in [-0.1, -0.05) is 18.2 Å². The lowest BCUT2D eigenvalue weighted by Gasteiger charge is -2.07. The van der Waals surface area contributed by atoms with E-state index >= 15 is 0 Å². The fourth-order valence-electron chi connectivity index (χ4n) is 3.19. The van der Waals surface area contributed by atoms with Crippen molar-refractivity contribution >= 4 is 22.6 Å². The number of nitrogens with zero attached hydrogens (tertiary/aromatic N) is 4. The van der Waals surface area contributed by atoms with Gasteiger partial charge in [0.05, 0.1) is 23.3 Å². The van der Waals surface area contributed by atoms with E-state index in [-0.39, 0.29) is 5.91 Å². The van der Waals surface area contributed by atoms with Gasteiger partial charge in [0.2, 0.25) is 0 Å². The molecular weight excluding hydrogens is 314 g/mol. The number of carbonyl (C=O) groups excluding carboxylic acids is 1. The third kappa shape index (κ3) is 2.55. The Morgan fingerprint density at radius 3 is 2.72 bits per heavy atom. The Labute approximate surface area is 145 Å². The Morgan fingerprint density at radius 2 is 1.92 bits per heavy atom. The highest BCUT2D eigenvalue weighted by molar-refractivity contribution is 5.94. The van der Waals surface area contributed by atoms with Crippen molar-refractivity contribution in [1.82, 2.24) is 24.3 Å². The number of benzene rings is 1. The molecule has 25 heavy (non-hydrogen) atoms. The van der Waals surface area contributed by atoms with Crippen LogP contribution in [-0.2, 0) is 13.1 Å². The van der Waals surface area contributed by atoms with Gasteiger partial charge >= 0.3 is 0 Å². The summed E-state index contributed by atoms with van der Waals surface area (Å²) in [4.78, 5) is 21.7. The SMILES string of the molecule is CCn1c(CNC(=O)c2nc3ccccn3c2C)nc2ccccc21. The number of pyridine rings is 1. The number of fused-ring (bicyclic) bond motifs is 2. The molecule has 0 saturated heterocycles. The Kier molecular flexibility index (Phi) is 3.72. The maximum absolute atomic E-state index is 12.6. The molecule has 6 heteroatoms. The van der Waals surface area contributed by atoms with Gasteiger partial charge in [-0.25, -0.2) is 9.97 Å². The van der Waals surface area contributed by atoms with Crippen LogP contribution in [0.15, 0.2) is 48.7 Å². The number of carbonyl (C=O) groups is 1. The Bertz CT molecular complexity index is 1080. The van der Waals surface area contributed by atoms with Crippen LogP contribution >= 0.6 is 0 Å². The quantitative estimate of drug-likeness (QED) is 0.624. The summed E-state index contributed by atoms with van der Waals surface area (Å²) in [7, 11) is 0. The molecule has 126 valence electrons. The molecule has 1 aromatic carbocycles. The summed E-state index contributed by atoms with van der Waals surface area (Å²) in [5.41, 5.74) is 4.07. The number of hydrogen-bond acceptors (Lipinski definition) is 3. The molecule has 4 rings (SSSR count). The summed E-state index contributed by atoms with van der Waals surface area (Å²) in [6.07, 6.45) is 1.91. The lowest BCUT2D eigenvalue weighted by Crippen LogP contribution is -2.25. The average Bonchev–Trinajstić information content (AvgIpc) is 3.17. The second-order valence-electron chi connectivity index (χ2n) is 5.92. The number of aryl methyl sites for hydroxylation is 2. The summed E-state index contributed by atoms with van der Waals surface area (Å²) < 4.78 is 4.03. The van der Waals surface area contributed by atoms with Gasteiger partial charge in [0, 0.05) is 12.7 Å². The molecule has 0 saturated carbocycles. The molecule has 0 spiro atoms. The van der Waals surface area contributed by atoms with Gasteiger partial charge in [-0.05, 0) is 38.1 Å². The minimum atomic E-state index is -0.184. The third-order valence-electron chi connectivity index (χ3n) is 4.44. The van der Waals surface area contributed by atoms with Crippen molar-refractivity contribution in [2.75, 3.05) is 0 Å². The van der Waals surface area contributed by atoms with Crippen LogP contribution in [0.25, 0.3) is 16.7 Å². The highest BCUT2D eigenvalue weighted by Crippen LogP contribution is 2.16. The summed E-state index contributed by atoms with van der Waals surface area (Å²) in [5, 5.41) is 2.95. The standard InChI is InChI=1S/C19H19N5O/c1-3-23-15-9-5-4-8-14(15)21-17(23)12-20-19(25)18-13(2)24-11-7-6-10-16(24)22-18/h4-11H,3,12H2,1-2H3,(H,20,25). The average molecular weight is 333 g/mol. The van der Waals surface area contributed by atoms with Crippen molar-refractivity contribution in [2.24, 2.45) is 0 Å². The van der Waals surface area contributed by atoms with Crippen LogP contribution in [0.2, 0.25) is 0 Å². The van der Waals surface area contributed by atoms with Gasteiger partial charge in [-0.2, -0.15) is 0 Å². The normalized spacial score (nSPS) is 11.3. The van der Waals surface area contributed by atoms with E-state index in [4.69, 9.17) is 0 Å². The summed E-state index contributed by atoms with van der Waals surface area (Å²) in [6, 6.07) is 13.7. The van der Waals surface area contributed by atoms with E-state index in [2.05, 4.69) is 26.8 Å². The van der Waals surface area contributed by atoms with Gasteiger partial charge in [-0.15, -0.1) is 0 Å². The third-order valence-corrected chi connectivity index (χ3v) is 4.44. The van der Waals surface area contributed by atoms with E-state index in [1.807, 2.05) is 60.0 Å². The predicted octanol–water partition coefficient (Wildman–Crippen LogP) is 2.94. The number of rotatable bonds is 4. The number of hydrogen-bond donors (Lipinski definition) is 1. The minimum Gasteiger partial charge on any atom is -0.343 e. The molecule has 0 unspecified atom stereocenters. The van der Waals surface area contributed by atoms with Crippen molar-refractivity contribution in [1.29, 1.82) is 0 Å². The molecule has 3 heterocycles. The van der Waals surface area contributed by atoms with Gasteiger partial charge in [0.25, 0.3) is 5.91 Å². The van der Waals surface area contributed by atoms with E-state index < -0.39 is 0 Å². The molecule has 3 aromatic heterocycles. The fraction of sp³-hybridized carbons (Fsp3) is 0.211. The first-order chi connectivity index (χ1) is 12.2.